The molecule has 1 aliphatic carbocycles. The van der Waals surface area contributed by atoms with Gasteiger partial charge in [-0.05, 0) is 42.8 Å². The quantitative estimate of drug-likeness (QED) is 0.897. The fourth-order valence-electron chi connectivity index (χ4n) is 2.84. The van der Waals surface area contributed by atoms with Gasteiger partial charge >= 0.3 is 0 Å². The van der Waals surface area contributed by atoms with E-state index in [9.17, 15) is 9.59 Å². The Hall–Kier alpha value is -2.09. The zero-order chi connectivity index (χ0) is 16.4. The van der Waals surface area contributed by atoms with Crippen LogP contribution in [0.5, 0.6) is 0 Å². The molecule has 8 heteroatoms. The molecule has 1 aliphatic rings. The number of hydrogen-bond donors (Lipinski definition) is 1. The molecule has 0 radical (unpaired) electrons. The summed E-state index contributed by atoms with van der Waals surface area (Å²) >= 11 is 1.14. The predicted octanol–water partition coefficient (Wildman–Crippen LogP) is 0.872. The second-order valence-electron chi connectivity index (χ2n) is 5.79. The fraction of sp³-hybridized carbons (Fsp3) is 0.533. The Morgan fingerprint density at radius 3 is 3.13 bits per heavy atom. The first-order valence-electron chi connectivity index (χ1n) is 7.76. The Bertz CT molecular complexity index is 782. The molecular weight excluding hydrogens is 314 g/mol. The number of aromatic nitrogens is 4. The molecule has 0 bridgehead atoms. The summed E-state index contributed by atoms with van der Waals surface area (Å²) in [7, 11) is 1.66. The average Bonchev–Trinajstić information content (AvgIpc) is 2.97. The van der Waals surface area contributed by atoms with Crippen molar-refractivity contribution in [2.75, 3.05) is 0 Å². The molecule has 0 fully saturated rings. The third-order valence-corrected chi connectivity index (χ3v) is 4.80. The van der Waals surface area contributed by atoms with E-state index in [1.165, 1.54) is 4.68 Å². The normalized spacial score (nSPS) is 16.9. The van der Waals surface area contributed by atoms with Crippen molar-refractivity contribution in [3.63, 3.8) is 0 Å². The molecule has 122 valence electrons. The topological polar surface area (TPSA) is 89.8 Å². The monoisotopic (exact) mass is 333 g/mol. The van der Waals surface area contributed by atoms with Crippen molar-refractivity contribution in [2.45, 2.75) is 45.1 Å². The molecule has 2 aromatic rings. The Balaban J connectivity index is 1.72. The minimum absolute atomic E-state index is 0.0143. The first kappa shape index (κ1) is 15.8. The van der Waals surface area contributed by atoms with Crippen molar-refractivity contribution in [2.24, 2.45) is 7.05 Å². The third-order valence-electron chi connectivity index (χ3n) is 4.04. The summed E-state index contributed by atoms with van der Waals surface area (Å²) in [4.78, 5) is 24.8. The van der Waals surface area contributed by atoms with E-state index in [4.69, 9.17) is 0 Å². The Labute approximate surface area is 137 Å². The van der Waals surface area contributed by atoms with Crippen molar-refractivity contribution < 1.29 is 4.79 Å². The van der Waals surface area contributed by atoms with Crippen molar-refractivity contribution in [1.29, 1.82) is 0 Å². The number of carbonyl (C=O) groups excluding carboxylic acids is 1. The van der Waals surface area contributed by atoms with Gasteiger partial charge in [0, 0.05) is 19.2 Å². The van der Waals surface area contributed by atoms with E-state index >= 15 is 0 Å². The lowest BCUT2D eigenvalue weighted by molar-refractivity contribution is 0.0936. The maximum absolute atomic E-state index is 12.4. The van der Waals surface area contributed by atoms with Crippen LogP contribution in [0.2, 0.25) is 0 Å². The molecule has 3 rings (SSSR count). The number of fused-ring (bicyclic) bond motifs is 1. The molecule has 0 spiro atoms. The van der Waals surface area contributed by atoms with Crippen LogP contribution in [-0.2, 0) is 26.3 Å². The van der Waals surface area contributed by atoms with Gasteiger partial charge in [0.2, 0.25) is 0 Å². The molecule has 23 heavy (non-hydrogen) atoms. The maximum Gasteiger partial charge on any atom is 0.266 e. The molecule has 7 nitrogen and oxygen atoms in total. The minimum atomic E-state index is -0.118. The summed E-state index contributed by atoms with van der Waals surface area (Å²) in [6.07, 6.45) is 3.90. The van der Waals surface area contributed by atoms with E-state index in [-0.39, 0.29) is 17.5 Å². The van der Waals surface area contributed by atoms with Gasteiger partial charge in [-0.25, -0.2) is 4.68 Å². The molecule has 2 aromatic heterocycles. The number of hydrogen-bond acceptors (Lipinski definition) is 6. The third kappa shape index (κ3) is 3.31. The van der Waals surface area contributed by atoms with Crippen LogP contribution >= 0.6 is 11.5 Å². The summed E-state index contributed by atoms with van der Waals surface area (Å²) in [5.41, 5.74) is 2.53. The van der Waals surface area contributed by atoms with Crippen LogP contribution in [0.1, 0.15) is 46.4 Å². The maximum atomic E-state index is 12.4. The average molecular weight is 333 g/mol. The summed E-state index contributed by atoms with van der Waals surface area (Å²) < 4.78 is 5.25. The van der Waals surface area contributed by atoms with Crippen LogP contribution in [0, 0.1) is 0 Å². The number of carbonyl (C=O) groups is 1. The highest BCUT2D eigenvalue weighted by atomic mass is 32.1. The van der Waals surface area contributed by atoms with Crippen LogP contribution in [0.15, 0.2) is 10.9 Å². The smallest absolute Gasteiger partial charge is 0.266 e. The highest BCUT2D eigenvalue weighted by molar-refractivity contribution is 7.08. The summed E-state index contributed by atoms with van der Waals surface area (Å²) in [6.45, 7) is 2.05. The molecule has 0 aromatic carbocycles. The van der Waals surface area contributed by atoms with E-state index in [2.05, 4.69) is 20.0 Å². The largest absolute Gasteiger partial charge is 0.348 e. The second-order valence-corrected chi connectivity index (χ2v) is 6.54. The highest BCUT2D eigenvalue weighted by Gasteiger charge is 2.24. The number of nitrogens with one attached hydrogen (secondary N) is 1. The van der Waals surface area contributed by atoms with Gasteiger partial charge in [-0.15, -0.1) is 5.10 Å². The van der Waals surface area contributed by atoms with Crippen LogP contribution in [0.3, 0.4) is 0 Å². The lowest BCUT2D eigenvalue weighted by Crippen LogP contribution is -2.40. The number of aryl methyl sites for hydroxylation is 3. The second kappa shape index (κ2) is 6.57. The Kier molecular flexibility index (Phi) is 4.51. The molecule has 0 aliphatic heterocycles. The van der Waals surface area contributed by atoms with Gasteiger partial charge < -0.3 is 5.32 Å². The van der Waals surface area contributed by atoms with Gasteiger partial charge in [0.15, 0.2) is 0 Å². The molecule has 0 saturated carbocycles. The van der Waals surface area contributed by atoms with Gasteiger partial charge in [0.05, 0.1) is 11.4 Å². The van der Waals surface area contributed by atoms with Crippen LogP contribution in [0.25, 0.3) is 0 Å². The van der Waals surface area contributed by atoms with E-state index in [0.717, 1.165) is 54.2 Å². The molecule has 1 amide bonds. The lowest BCUT2D eigenvalue weighted by Gasteiger charge is -2.24. The van der Waals surface area contributed by atoms with E-state index in [1.54, 1.807) is 13.1 Å². The van der Waals surface area contributed by atoms with Crippen molar-refractivity contribution in [3.8, 4) is 0 Å². The Morgan fingerprint density at radius 2 is 2.35 bits per heavy atom. The van der Waals surface area contributed by atoms with Crippen molar-refractivity contribution >= 4 is 17.4 Å². The SMILES string of the molecule is CCCc1nnsc1C(=O)N[C@H]1CCc2nn(C)c(=O)cc2C1. The van der Waals surface area contributed by atoms with Gasteiger partial charge in [-0.3, -0.25) is 9.59 Å². The minimum Gasteiger partial charge on any atom is -0.348 e. The first-order valence-corrected chi connectivity index (χ1v) is 8.54. The number of amides is 1. The van der Waals surface area contributed by atoms with Crippen LogP contribution in [-0.4, -0.2) is 31.3 Å². The molecule has 1 atom stereocenters. The fourth-order valence-corrected chi connectivity index (χ4v) is 3.45. The van der Waals surface area contributed by atoms with Crippen molar-refractivity contribution in [3.05, 3.63) is 38.2 Å². The lowest BCUT2D eigenvalue weighted by atomic mass is 9.92. The van der Waals surface area contributed by atoms with Gasteiger partial charge in [0.1, 0.15) is 4.88 Å². The summed E-state index contributed by atoms with van der Waals surface area (Å²) in [5.74, 6) is -0.117. The van der Waals surface area contributed by atoms with E-state index in [1.807, 2.05) is 6.92 Å². The van der Waals surface area contributed by atoms with Gasteiger partial charge in [0.25, 0.3) is 11.5 Å². The molecule has 0 unspecified atom stereocenters. The van der Waals surface area contributed by atoms with Gasteiger partial charge in [-0.2, -0.15) is 5.10 Å². The number of rotatable bonds is 4. The molecule has 1 N–H and O–H groups in total. The predicted molar refractivity (Wildman–Crippen MR) is 86.7 cm³/mol. The molecule has 2 heterocycles. The number of nitrogens with zero attached hydrogens (tertiary/aromatic N) is 4. The standard InChI is InChI=1S/C15H19N5O2S/c1-3-4-12-14(23-19-17-12)15(22)16-10-5-6-11-9(7-10)8-13(21)20(2)18-11/h8,10H,3-7H2,1-2H3,(H,16,22)/t10-/m0/s1. The summed E-state index contributed by atoms with van der Waals surface area (Å²) in [6, 6.07) is 1.64. The van der Waals surface area contributed by atoms with Crippen molar-refractivity contribution in [1.82, 2.24) is 24.7 Å². The highest BCUT2D eigenvalue weighted by Crippen LogP contribution is 2.19. The van der Waals surface area contributed by atoms with E-state index in [0.29, 0.717) is 11.3 Å². The Morgan fingerprint density at radius 1 is 1.52 bits per heavy atom. The van der Waals surface area contributed by atoms with E-state index < -0.39 is 0 Å². The van der Waals surface area contributed by atoms with Crippen LogP contribution < -0.4 is 10.9 Å². The molecular formula is C15H19N5O2S. The summed E-state index contributed by atoms with van der Waals surface area (Å²) in [5, 5.41) is 11.4. The zero-order valence-corrected chi connectivity index (χ0v) is 14.0. The zero-order valence-electron chi connectivity index (χ0n) is 13.2. The molecule has 0 saturated heterocycles. The van der Waals surface area contributed by atoms with Crippen LogP contribution in [0.4, 0.5) is 0 Å². The van der Waals surface area contributed by atoms with Gasteiger partial charge in [-0.1, -0.05) is 17.8 Å². The first-order chi connectivity index (χ1) is 11.1.